The van der Waals surface area contributed by atoms with Gasteiger partial charge in [-0.25, -0.2) is 8.42 Å². The summed E-state index contributed by atoms with van der Waals surface area (Å²) in [6, 6.07) is 6.08. The Labute approximate surface area is 130 Å². The maximum absolute atomic E-state index is 12.6. The van der Waals surface area contributed by atoms with Gasteiger partial charge in [-0.15, -0.1) is 0 Å². The first-order valence-electron chi connectivity index (χ1n) is 7.71. The molecule has 1 aromatic rings. The predicted octanol–water partition coefficient (Wildman–Crippen LogP) is 3.41. The number of hydrogen-bond acceptors (Lipinski definition) is 3. The lowest BCUT2D eigenvalue weighted by Crippen LogP contribution is -2.34. The lowest BCUT2D eigenvalue weighted by molar-refractivity contribution is 0.525. The van der Waals surface area contributed by atoms with Crippen molar-refractivity contribution in [2.75, 3.05) is 12.3 Å². The summed E-state index contributed by atoms with van der Waals surface area (Å²) in [5.74, 6) is 0.292. The minimum Gasteiger partial charge on any atom is -0.309 e. The van der Waals surface area contributed by atoms with Crippen LogP contribution in [0.1, 0.15) is 50.4 Å². The van der Waals surface area contributed by atoms with Crippen molar-refractivity contribution in [3.63, 3.8) is 0 Å². The summed E-state index contributed by atoms with van der Waals surface area (Å²) in [5.41, 5.74) is 3.39. The van der Waals surface area contributed by atoms with Gasteiger partial charge in [-0.05, 0) is 44.4 Å². The van der Waals surface area contributed by atoms with Crippen molar-refractivity contribution >= 4 is 9.84 Å². The molecule has 1 N–H and O–H groups in total. The molecule has 0 bridgehead atoms. The van der Waals surface area contributed by atoms with E-state index in [0.717, 1.165) is 23.2 Å². The summed E-state index contributed by atoms with van der Waals surface area (Å²) in [4.78, 5) is 0. The molecule has 4 heteroatoms. The molecule has 3 nitrogen and oxygen atoms in total. The summed E-state index contributed by atoms with van der Waals surface area (Å²) in [7, 11) is -3.12. The molecule has 0 aliphatic heterocycles. The highest BCUT2D eigenvalue weighted by atomic mass is 32.2. The molecule has 0 aromatic heterocycles. The van der Waals surface area contributed by atoms with Crippen LogP contribution < -0.4 is 5.32 Å². The Bertz CT molecular complexity index is 564. The van der Waals surface area contributed by atoms with Crippen LogP contribution >= 0.6 is 0 Å². The highest BCUT2D eigenvalue weighted by molar-refractivity contribution is 7.92. The molecule has 0 saturated heterocycles. The van der Waals surface area contributed by atoms with Gasteiger partial charge in [0.2, 0.25) is 0 Å². The van der Waals surface area contributed by atoms with Crippen molar-refractivity contribution in [2.45, 2.75) is 52.8 Å². The Morgan fingerprint density at radius 2 is 1.76 bits per heavy atom. The van der Waals surface area contributed by atoms with E-state index >= 15 is 0 Å². The molecular weight excluding hydrogens is 282 g/mol. The van der Waals surface area contributed by atoms with E-state index in [4.69, 9.17) is 0 Å². The van der Waals surface area contributed by atoms with Crippen LogP contribution in [-0.2, 0) is 9.84 Å². The number of aryl methyl sites for hydroxylation is 2. The normalized spacial score (nSPS) is 15.2. The SMILES string of the molecule is CCNC(CS(=O)(=O)C(C)C(C)C)c1cc(C)ccc1C. The zero-order valence-electron chi connectivity index (χ0n) is 14.1. The molecule has 21 heavy (non-hydrogen) atoms. The van der Waals surface area contributed by atoms with E-state index in [-0.39, 0.29) is 23.0 Å². The van der Waals surface area contributed by atoms with Crippen molar-refractivity contribution in [1.29, 1.82) is 0 Å². The lowest BCUT2D eigenvalue weighted by atomic mass is 10.00. The first kappa shape index (κ1) is 18.2. The van der Waals surface area contributed by atoms with Crippen molar-refractivity contribution in [3.8, 4) is 0 Å². The molecule has 0 fully saturated rings. The number of rotatable bonds is 7. The smallest absolute Gasteiger partial charge is 0.155 e. The van der Waals surface area contributed by atoms with Gasteiger partial charge in [-0.2, -0.15) is 0 Å². The van der Waals surface area contributed by atoms with Gasteiger partial charge in [0.05, 0.1) is 11.0 Å². The molecule has 0 aliphatic rings. The van der Waals surface area contributed by atoms with E-state index in [1.165, 1.54) is 0 Å². The van der Waals surface area contributed by atoms with Crippen molar-refractivity contribution in [1.82, 2.24) is 5.32 Å². The van der Waals surface area contributed by atoms with Crippen LogP contribution in [0, 0.1) is 19.8 Å². The number of hydrogen-bond donors (Lipinski definition) is 1. The highest BCUT2D eigenvalue weighted by Gasteiger charge is 2.28. The quantitative estimate of drug-likeness (QED) is 0.839. The third-order valence-electron chi connectivity index (χ3n) is 4.16. The van der Waals surface area contributed by atoms with E-state index < -0.39 is 9.84 Å². The molecule has 2 atom stereocenters. The molecular formula is C17H29NO2S. The van der Waals surface area contributed by atoms with Crippen LogP contribution in [0.2, 0.25) is 0 Å². The maximum atomic E-state index is 12.6. The van der Waals surface area contributed by atoms with E-state index in [1.54, 1.807) is 0 Å². The summed E-state index contributed by atoms with van der Waals surface area (Å²) < 4.78 is 25.2. The lowest BCUT2D eigenvalue weighted by Gasteiger charge is -2.24. The highest BCUT2D eigenvalue weighted by Crippen LogP contribution is 2.24. The van der Waals surface area contributed by atoms with E-state index in [1.807, 2.05) is 41.5 Å². The maximum Gasteiger partial charge on any atom is 0.155 e. The standard InChI is InChI=1S/C17H29NO2S/c1-7-18-17(11-21(19,20)15(6)12(2)3)16-10-13(4)8-9-14(16)5/h8-10,12,15,17-18H,7,11H2,1-6H3. The molecule has 0 spiro atoms. The second-order valence-corrected chi connectivity index (χ2v) is 8.65. The van der Waals surface area contributed by atoms with Gasteiger partial charge in [-0.3, -0.25) is 0 Å². The molecule has 0 amide bonds. The fraction of sp³-hybridized carbons (Fsp3) is 0.647. The van der Waals surface area contributed by atoms with Gasteiger partial charge >= 0.3 is 0 Å². The summed E-state index contributed by atoms with van der Waals surface area (Å²) in [5, 5.41) is 3.02. The summed E-state index contributed by atoms with van der Waals surface area (Å²) in [6.07, 6.45) is 0. The van der Waals surface area contributed by atoms with Crippen LogP contribution in [0.15, 0.2) is 18.2 Å². The molecule has 0 radical (unpaired) electrons. The zero-order valence-corrected chi connectivity index (χ0v) is 14.9. The average molecular weight is 311 g/mol. The zero-order chi connectivity index (χ0) is 16.2. The number of nitrogens with one attached hydrogen (secondary N) is 1. The van der Waals surface area contributed by atoms with Crippen molar-refractivity contribution < 1.29 is 8.42 Å². The Balaban J connectivity index is 3.11. The number of sulfone groups is 1. The van der Waals surface area contributed by atoms with Gasteiger partial charge in [0.15, 0.2) is 9.84 Å². The van der Waals surface area contributed by atoms with Gasteiger partial charge in [-0.1, -0.05) is 44.5 Å². The fourth-order valence-electron chi connectivity index (χ4n) is 2.44. The van der Waals surface area contributed by atoms with Crippen LogP contribution in [0.3, 0.4) is 0 Å². The molecule has 0 saturated carbocycles. The Morgan fingerprint density at radius 1 is 1.14 bits per heavy atom. The first-order chi connectivity index (χ1) is 9.69. The predicted molar refractivity (Wildman–Crippen MR) is 90.4 cm³/mol. The second-order valence-electron chi connectivity index (χ2n) is 6.25. The molecule has 2 unspecified atom stereocenters. The molecule has 1 aromatic carbocycles. The van der Waals surface area contributed by atoms with Crippen molar-refractivity contribution in [3.05, 3.63) is 34.9 Å². The minimum atomic E-state index is -3.12. The van der Waals surface area contributed by atoms with Crippen LogP contribution in [-0.4, -0.2) is 26.0 Å². The summed E-state index contributed by atoms with van der Waals surface area (Å²) in [6.45, 7) is 12.6. The molecule has 1 rings (SSSR count). The third kappa shape index (κ3) is 4.82. The summed E-state index contributed by atoms with van der Waals surface area (Å²) >= 11 is 0. The molecule has 120 valence electrons. The molecule has 0 heterocycles. The average Bonchev–Trinajstić information content (AvgIpc) is 2.39. The first-order valence-corrected chi connectivity index (χ1v) is 9.42. The largest absolute Gasteiger partial charge is 0.309 e. The third-order valence-corrected chi connectivity index (χ3v) is 6.64. The van der Waals surface area contributed by atoms with Crippen LogP contribution in [0.25, 0.3) is 0 Å². The van der Waals surface area contributed by atoms with E-state index in [9.17, 15) is 8.42 Å². The van der Waals surface area contributed by atoms with Gasteiger partial charge in [0, 0.05) is 6.04 Å². The van der Waals surface area contributed by atoms with E-state index in [2.05, 4.69) is 23.5 Å². The monoisotopic (exact) mass is 311 g/mol. The van der Waals surface area contributed by atoms with E-state index in [0.29, 0.717) is 0 Å². The van der Waals surface area contributed by atoms with Crippen LogP contribution in [0.4, 0.5) is 0 Å². The van der Waals surface area contributed by atoms with Gasteiger partial charge < -0.3 is 5.32 Å². The Morgan fingerprint density at radius 3 is 2.29 bits per heavy atom. The van der Waals surface area contributed by atoms with Crippen molar-refractivity contribution in [2.24, 2.45) is 5.92 Å². The fourth-order valence-corrected chi connectivity index (χ4v) is 4.33. The number of benzene rings is 1. The Hall–Kier alpha value is -0.870. The topological polar surface area (TPSA) is 46.2 Å². The minimum absolute atomic E-state index is 0.135. The Kier molecular flexibility index (Phi) is 6.41. The van der Waals surface area contributed by atoms with Gasteiger partial charge in [0.25, 0.3) is 0 Å². The van der Waals surface area contributed by atoms with Gasteiger partial charge in [0.1, 0.15) is 0 Å². The molecule has 0 aliphatic carbocycles. The van der Waals surface area contributed by atoms with Crippen LogP contribution in [0.5, 0.6) is 0 Å². The second kappa shape index (κ2) is 7.41.